The first-order valence-electron chi connectivity index (χ1n) is 8.66. The molecular formula is C19H20F3N3O. The van der Waals surface area contributed by atoms with Crippen molar-refractivity contribution in [1.29, 1.82) is 0 Å². The monoisotopic (exact) mass is 363 g/mol. The highest BCUT2D eigenvalue weighted by atomic mass is 19.4. The molecule has 26 heavy (non-hydrogen) atoms. The number of carbonyl (C=O) groups is 1. The highest BCUT2D eigenvalue weighted by Gasteiger charge is 2.37. The summed E-state index contributed by atoms with van der Waals surface area (Å²) in [6.07, 6.45) is 2.79. The zero-order valence-corrected chi connectivity index (χ0v) is 14.4. The first-order chi connectivity index (χ1) is 12.3. The summed E-state index contributed by atoms with van der Waals surface area (Å²) < 4.78 is 40.5. The molecule has 3 rings (SSSR count). The minimum atomic E-state index is -4.66. The van der Waals surface area contributed by atoms with E-state index in [0.29, 0.717) is 18.4 Å². The zero-order valence-electron chi connectivity index (χ0n) is 14.4. The number of halogens is 3. The molecule has 0 radical (unpaired) electrons. The van der Waals surface area contributed by atoms with Gasteiger partial charge in [0, 0.05) is 23.9 Å². The number of nitrogens with one attached hydrogen (secondary N) is 1. The molecule has 1 aliphatic rings. The van der Waals surface area contributed by atoms with Gasteiger partial charge in [-0.15, -0.1) is 0 Å². The van der Waals surface area contributed by atoms with Crippen LogP contribution in [0.3, 0.4) is 0 Å². The Hall–Kier alpha value is -2.44. The van der Waals surface area contributed by atoms with E-state index >= 15 is 0 Å². The van der Waals surface area contributed by atoms with Crippen molar-refractivity contribution in [1.82, 2.24) is 9.97 Å². The molecule has 0 spiro atoms. The molecule has 2 heterocycles. The maximum Gasteiger partial charge on any atom is 0.435 e. The lowest BCUT2D eigenvalue weighted by Gasteiger charge is -2.22. The van der Waals surface area contributed by atoms with Crippen molar-refractivity contribution in [2.75, 3.05) is 5.32 Å². The van der Waals surface area contributed by atoms with Gasteiger partial charge in [-0.3, -0.25) is 9.78 Å². The third-order valence-corrected chi connectivity index (χ3v) is 4.57. The number of alkyl halides is 3. The number of hydrogen-bond donors (Lipinski definition) is 1. The molecule has 1 N–H and O–H groups in total. The number of carbonyl (C=O) groups excluding carboxylic acids is 1. The topological polar surface area (TPSA) is 54.9 Å². The maximum atomic E-state index is 13.5. The average molecular weight is 363 g/mol. The summed E-state index contributed by atoms with van der Waals surface area (Å²) in [6, 6.07) is 4.46. The van der Waals surface area contributed by atoms with Crippen molar-refractivity contribution in [3.63, 3.8) is 0 Å². The SMILES string of the molecule is Cc1cncc(-c2ccc(NC(=O)C3CCCCC3)c(C(F)(F)F)n2)c1. The molecule has 0 aliphatic heterocycles. The van der Waals surface area contributed by atoms with Crippen LogP contribution in [0.25, 0.3) is 11.3 Å². The van der Waals surface area contributed by atoms with Gasteiger partial charge in [-0.05, 0) is 43.5 Å². The first-order valence-corrected chi connectivity index (χ1v) is 8.66. The second-order valence-corrected chi connectivity index (χ2v) is 6.67. The van der Waals surface area contributed by atoms with Gasteiger partial charge in [0.2, 0.25) is 5.91 Å². The number of aryl methyl sites for hydroxylation is 1. The van der Waals surface area contributed by atoms with E-state index in [1.165, 1.54) is 18.3 Å². The van der Waals surface area contributed by atoms with E-state index in [2.05, 4.69) is 15.3 Å². The van der Waals surface area contributed by atoms with E-state index in [-0.39, 0.29) is 23.2 Å². The summed E-state index contributed by atoms with van der Waals surface area (Å²) in [7, 11) is 0. The summed E-state index contributed by atoms with van der Waals surface area (Å²) in [5, 5.41) is 2.44. The molecule has 2 aromatic rings. The Morgan fingerprint density at radius 2 is 1.88 bits per heavy atom. The van der Waals surface area contributed by atoms with Gasteiger partial charge in [-0.1, -0.05) is 19.3 Å². The number of aromatic nitrogens is 2. The maximum absolute atomic E-state index is 13.5. The second kappa shape index (κ2) is 7.43. The van der Waals surface area contributed by atoms with Crippen molar-refractivity contribution in [2.24, 2.45) is 5.92 Å². The lowest BCUT2D eigenvalue weighted by molar-refractivity contribution is -0.140. The number of nitrogens with zero attached hydrogens (tertiary/aromatic N) is 2. The lowest BCUT2D eigenvalue weighted by atomic mass is 9.88. The standard InChI is InChI=1S/C19H20F3N3O/c1-12-9-14(11-23-10-12)15-7-8-16(17(24-15)19(20,21)22)25-18(26)13-5-3-2-4-6-13/h7-11,13H,2-6H2,1H3,(H,25,26). The summed E-state index contributed by atoms with van der Waals surface area (Å²) in [5.74, 6) is -0.590. The number of hydrogen-bond acceptors (Lipinski definition) is 3. The minimum absolute atomic E-state index is 0.171. The van der Waals surface area contributed by atoms with E-state index in [1.54, 1.807) is 19.2 Å². The van der Waals surface area contributed by atoms with Crippen LogP contribution in [0.5, 0.6) is 0 Å². The first kappa shape index (κ1) is 18.4. The third kappa shape index (κ3) is 4.20. The second-order valence-electron chi connectivity index (χ2n) is 6.67. The Labute approximate surface area is 149 Å². The van der Waals surface area contributed by atoms with Crippen LogP contribution in [0, 0.1) is 12.8 Å². The fraction of sp³-hybridized carbons (Fsp3) is 0.421. The van der Waals surface area contributed by atoms with Gasteiger partial charge in [0.1, 0.15) is 0 Å². The number of pyridine rings is 2. The Morgan fingerprint density at radius 3 is 2.54 bits per heavy atom. The van der Waals surface area contributed by atoms with Gasteiger partial charge in [-0.25, -0.2) is 4.98 Å². The molecule has 1 fully saturated rings. The van der Waals surface area contributed by atoms with Crippen molar-refractivity contribution in [2.45, 2.75) is 45.2 Å². The molecule has 0 aromatic carbocycles. The predicted molar refractivity (Wildman–Crippen MR) is 92.4 cm³/mol. The van der Waals surface area contributed by atoms with Crippen molar-refractivity contribution >= 4 is 11.6 Å². The van der Waals surface area contributed by atoms with Crippen LogP contribution >= 0.6 is 0 Å². The van der Waals surface area contributed by atoms with Gasteiger partial charge in [-0.2, -0.15) is 13.2 Å². The van der Waals surface area contributed by atoms with Crippen LogP contribution in [0.15, 0.2) is 30.6 Å². The molecule has 0 saturated heterocycles. The fourth-order valence-corrected chi connectivity index (χ4v) is 3.23. The molecule has 4 nitrogen and oxygen atoms in total. The predicted octanol–water partition coefficient (Wildman–Crippen LogP) is 4.99. The minimum Gasteiger partial charge on any atom is -0.324 e. The lowest BCUT2D eigenvalue weighted by Crippen LogP contribution is -2.26. The molecule has 2 aromatic heterocycles. The number of rotatable bonds is 3. The van der Waals surface area contributed by atoms with E-state index in [1.807, 2.05) is 0 Å². The van der Waals surface area contributed by atoms with Crippen LogP contribution in [0.2, 0.25) is 0 Å². The molecule has 138 valence electrons. The summed E-state index contributed by atoms with van der Waals surface area (Å²) >= 11 is 0. The molecule has 0 bridgehead atoms. The van der Waals surface area contributed by atoms with Gasteiger partial charge in [0.15, 0.2) is 5.69 Å². The average Bonchev–Trinajstić information content (AvgIpc) is 2.62. The highest BCUT2D eigenvalue weighted by molar-refractivity contribution is 5.93. The summed E-state index contributed by atoms with van der Waals surface area (Å²) in [4.78, 5) is 20.1. The molecule has 0 atom stereocenters. The smallest absolute Gasteiger partial charge is 0.324 e. The Balaban J connectivity index is 1.91. The number of amides is 1. The van der Waals surface area contributed by atoms with Gasteiger partial charge in [0.05, 0.1) is 11.4 Å². The quantitative estimate of drug-likeness (QED) is 0.836. The Bertz CT molecular complexity index is 799. The molecule has 1 aliphatic carbocycles. The summed E-state index contributed by atoms with van der Waals surface area (Å²) in [5.41, 5.74) is 0.121. The molecule has 7 heteroatoms. The van der Waals surface area contributed by atoms with Crippen LogP contribution < -0.4 is 5.32 Å². The number of anilines is 1. The van der Waals surface area contributed by atoms with Crippen LogP contribution in [-0.2, 0) is 11.0 Å². The zero-order chi connectivity index (χ0) is 18.7. The van der Waals surface area contributed by atoms with E-state index < -0.39 is 11.9 Å². The third-order valence-electron chi connectivity index (χ3n) is 4.57. The molecule has 0 unspecified atom stereocenters. The van der Waals surface area contributed by atoms with Crippen molar-refractivity contribution < 1.29 is 18.0 Å². The normalized spacial score (nSPS) is 15.7. The summed E-state index contributed by atoms with van der Waals surface area (Å²) in [6.45, 7) is 1.81. The molecule has 1 saturated carbocycles. The van der Waals surface area contributed by atoms with Gasteiger partial charge >= 0.3 is 6.18 Å². The van der Waals surface area contributed by atoms with Crippen molar-refractivity contribution in [3.05, 3.63) is 41.9 Å². The molecule has 1 amide bonds. The Morgan fingerprint density at radius 1 is 1.15 bits per heavy atom. The van der Waals surface area contributed by atoms with Gasteiger partial charge in [0.25, 0.3) is 0 Å². The van der Waals surface area contributed by atoms with Crippen molar-refractivity contribution in [3.8, 4) is 11.3 Å². The highest BCUT2D eigenvalue weighted by Crippen LogP contribution is 2.36. The van der Waals surface area contributed by atoms with Crippen LogP contribution in [0.1, 0.15) is 43.4 Å². The van der Waals surface area contributed by atoms with E-state index in [9.17, 15) is 18.0 Å². The van der Waals surface area contributed by atoms with Gasteiger partial charge < -0.3 is 5.32 Å². The van der Waals surface area contributed by atoms with Crippen LogP contribution in [-0.4, -0.2) is 15.9 Å². The van der Waals surface area contributed by atoms with E-state index in [0.717, 1.165) is 24.8 Å². The van der Waals surface area contributed by atoms with E-state index in [4.69, 9.17) is 0 Å². The Kier molecular flexibility index (Phi) is 5.25. The fourth-order valence-electron chi connectivity index (χ4n) is 3.23. The largest absolute Gasteiger partial charge is 0.435 e. The van der Waals surface area contributed by atoms with Crippen LogP contribution in [0.4, 0.5) is 18.9 Å². The molecular weight excluding hydrogens is 343 g/mol.